The van der Waals surface area contributed by atoms with E-state index < -0.39 is 17.8 Å². The van der Waals surface area contributed by atoms with Gasteiger partial charge in [-0.1, -0.05) is 12.1 Å². The number of amides is 1. The minimum atomic E-state index is -0.603. The average Bonchev–Trinajstić information content (AvgIpc) is 3.33. The summed E-state index contributed by atoms with van der Waals surface area (Å²) >= 11 is 0. The Bertz CT molecular complexity index is 1180. The number of esters is 2. The second-order valence-electron chi connectivity index (χ2n) is 6.71. The summed E-state index contributed by atoms with van der Waals surface area (Å²) in [5.74, 6) is -0.998. The van der Waals surface area contributed by atoms with Gasteiger partial charge in [-0.15, -0.1) is 5.10 Å². The van der Waals surface area contributed by atoms with E-state index in [1.807, 2.05) is 0 Å². The highest BCUT2D eigenvalue weighted by Crippen LogP contribution is 2.33. The first-order valence-corrected chi connectivity index (χ1v) is 10.4. The SMILES string of the molecule is CCOC(=O)c1n[nH]nc1-c1ccc(OCC(=O)Nc2ccccc2C(=O)OC)c(OCC)c1. The van der Waals surface area contributed by atoms with Gasteiger partial charge in [-0.25, -0.2) is 9.59 Å². The molecule has 0 fully saturated rings. The number of ether oxygens (including phenoxy) is 4. The average molecular weight is 468 g/mol. The Morgan fingerprint density at radius 1 is 0.941 bits per heavy atom. The zero-order valence-corrected chi connectivity index (χ0v) is 18.9. The van der Waals surface area contributed by atoms with Crippen molar-refractivity contribution in [2.75, 3.05) is 32.2 Å². The molecular formula is C23H24N4O7. The molecule has 0 radical (unpaired) electrons. The Kier molecular flexibility index (Phi) is 8.16. The molecule has 1 aromatic heterocycles. The molecule has 0 saturated carbocycles. The molecule has 2 aromatic carbocycles. The van der Waals surface area contributed by atoms with Gasteiger partial charge in [0.05, 0.1) is 31.6 Å². The van der Waals surface area contributed by atoms with E-state index in [9.17, 15) is 14.4 Å². The molecule has 3 rings (SSSR count). The molecule has 34 heavy (non-hydrogen) atoms. The van der Waals surface area contributed by atoms with Crippen LogP contribution in [0.5, 0.6) is 11.5 Å². The molecule has 178 valence electrons. The Morgan fingerprint density at radius 2 is 1.74 bits per heavy atom. The fourth-order valence-corrected chi connectivity index (χ4v) is 3.03. The van der Waals surface area contributed by atoms with Gasteiger partial charge in [-0.05, 0) is 44.2 Å². The number of carbonyl (C=O) groups is 3. The van der Waals surface area contributed by atoms with Crippen LogP contribution in [-0.4, -0.2) is 60.2 Å². The van der Waals surface area contributed by atoms with Crippen LogP contribution in [0.3, 0.4) is 0 Å². The van der Waals surface area contributed by atoms with E-state index in [1.54, 1.807) is 56.3 Å². The predicted molar refractivity (Wildman–Crippen MR) is 121 cm³/mol. The van der Waals surface area contributed by atoms with E-state index >= 15 is 0 Å². The van der Waals surface area contributed by atoms with Gasteiger partial charge >= 0.3 is 11.9 Å². The number of methoxy groups -OCH3 is 1. The molecule has 0 spiro atoms. The number of aromatic nitrogens is 3. The molecule has 0 aliphatic carbocycles. The molecule has 0 aliphatic rings. The summed E-state index contributed by atoms with van der Waals surface area (Å²) in [7, 11) is 1.26. The number of benzene rings is 2. The molecule has 0 aliphatic heterocycles. The third-order valence-electron chi connectivity index (χ3n) is 4.50. The predicted octanol–water partition coefficient (Wildman–Crippen LogP) is 2.85. The highest BCUT2D eigenvalue weighted by atomic mass is 16.5. The molecule has 0 unspecified atom stereocenters. The second-order valence-corrected chi connectivity index (χ2v) is 6.71. The van der Waals surface area contributed by atoms with Crippen LogP contribution < -0.4 is 14.8 Å². The number of hydrogen-bond acceptors (Lipinski definition) is 9. The quantitative estimate of drug-likeness (QED) is 0.430. The van der Waals surface area contributed by atoms with Gasteiger partial charge in [0.25, 0.3) is 5.91 Å². The summed E-state index contributed by atoms with van der Waals surface area (Å²) in [6.45, 7) is 3.69. The molecule has 1 heterocycles. The van der Waals surface area contributed by atoms with Crippen molar-refractivity contribution in [3.05, 3.63) is 53.7 Å². The zero-order valence-electron chi connectivity index (χ0n) is 18.9. The van der Waals surface area contributed by atoms with E-state index in [0.717, 1.165) is 0 Å². The monoisotopic (exact) mass is 468 g/mol. The second kappa shape index (κ2) is 11.5. The number of H-pyrrole nitrogens is 1. The first kappa shape index (κ1) is 24.2. The Morgan fingerprint density at radius 3 is 2.47 bits per heavy atom. The lowest BCUT2D eigenvalue weighted by atomic mass is 10.1. The number of aromatic amines is 1. The molecule has 0 bridgehead atoms. The Balaban J connectivity index is 1.75. The number of nitrogens with one attached hydrogen (secondary N) is 2. The summed E-state index contributed by atoms with van der Waals surface area (Å²) in [5, 5.41) is 13.0. The summed E-state index contributed by atoms with van der Waals surface area (Å²) < 4.78 is 21.0. The van der Waals surface area contributed by atoms with E-state index in [-0.39, 0.29) is 24.5 Å². The third-order valence-corrected chi connectivity index (χ3v) is 4.50. The minimum Gasteiger partial charge on any atom is -0.490 e. The van der Waals surface area contributed by atoms with Crippen LogP contribution in [0.1, 0.15) is 34.7 Å². The van der Waals surface area contributed by atoms with Gasteiger partial charge < -0.3 is 24.3 Å². The van der Waals surface area contributed by atoms with Gasteiger partial charge in [-0.3, -0.25) is 4.79 Å². The van der Waals surface area contributed by atoms with Crippen molar-refractivity contribution in [1.82, 2.24) is 15.4 Å². The molecule has 2 N–H and O–H groups in total. The van der Waals surface area contributed by atoms with E-state index in [4.69, 9.17) is 18.9 Å². The summed E-state index contributed by atoms with van der Waals surface area (Å²) in [6.07, 6.45) is 0. The molecule has 1 amide bonds. The van der Waals surface area contributed by atoms with E-state index in [1.165, 1.54) is 7.11 Å². The third kappa shape index (κ3) is 5.68. The summed E-state index contributed by atoms with van der Waals surface area (Å²) in [5.41, 5.74) is 1.41. The molecule has 3 aromatic rings. The van der Waals surface area contributed by atoms with Crippen molar-refractivity contribution in [3.8, 4) is 22.8 Å². The highest BCUT2D eigenvalue weighted by molar-refractivity contribution is 6.01. The van der Waals surface area contributed by atoms with Gasteiger partial charge in [0.1, 0.15) is 5.69 Å². The van der Waals surface area contributed by atoms with Gasteiger partial charge in [0.2, 0.25) is 0 Å². The lowest BCUT2D eigenvalue weighted by molar-refractivity contribution is -0.118. The fourth-order valence-electron chi connectivity index (χ4n) is 3.03. The molecular weight excluding hydrogens is 444 g/mol. The van der Waals surface area contributed by atoms with Crippen molar-refractivity contribution in [2.24, 2.45) is 0 Å². The van der Waals surface area contributed by atoms with Crippen molar-refractivity contribution < 1.29 is 33.3 Å². The smallest absolute Gasteiger partial charge is 0.361 e. The number of anilines is 1. The molecule has 0 saturated heterocycles. The number of hydrogen-bond donors (Lipinski definition) is 2. The molecule has 11 nitrogen and oxygen atoms in total. The highest BCUT2D eigenvalue weighted by Gasteiger charge is 2.21. The van der Waals surface area contributed by atoms with Gasteiger partial charge in [0, 0.05) is 5.56 Å². The van der Waals surface area contributed by atoms with Crippen molar-refractivity contribution in [3.63, 3.8) is 0 Å². The zero-order chi connectivity index (χ0) is 24.5. The summed E-state index contributed by atoms with van der Waals surface area (Å²) in [4.78, 5) is 36.4. The normalized spacial score (nSPS) is 10.3. The minimum absolute atomic E-state index is 0.0432. The summed E-state index contributed by atoms with van der Waals surface area (Å²) in [6, 6.07) is 11.4. The van der Waals surface area contributed by atoms with E-state index in [0.29, 0.717) is 35.1 Å². The van der Waals surface area contributed by atoms with Gasteiger partial charge in [0.15, 0.2) is 23.8 Å². The Hall–Kier alpha value is -4.41. The van der Waals surface area contributed by atoms with Crippen LogP contribution >= 0.6 is 0 Å². The number of carbonyl (C=O) groups excluding carboxylic acids is 3. The number of nitrogens with zero attached hydrogens (tertiary/aromatic N) is 2. The van der Waals surface area contributed by atoms with Gasteiger partial charge in [-0.2, -0.15) is 10.3 Å². The molecule has 0 atom stereocenters. The van der Waals surface area contributed by atoms with Crippen LogP contribution in [-0.2, 0) is 14.3 Å². The first-order chi connectivity index (χ1) is 16.5. The van der Waals surface area contributed by atoms with Crippen LogP contribution in [0.25, 0.3) is 11.3 Å². The van der Waals surface area contributed by atoms with Crippen LogP contribution in [0.15, 0.2) is 42.5 Å². The first-order valence-electron chi connectivity index (χ1n) is 10.4. The standard InChI is InChI=1S/C23H24N4O7/c1-4-32-18-12-14(20-21(26-27-25-20)23(30)33-5-2)10-11-17(18)34-13-19(28)24-16-9-7-6-8-15(16)22(29)31-3/h6-12H,4-5,13H2,1-3H3,(H,24,28)(H,25,26,27). The number of para-hydroxylation sites is 1. The molecule has 11 heteroatoms. The van der Waals surface area contributed by atoms with Crippen molar-refractivity contribution >= 4 is 23.5 Å². The van der Waals surface area contributed by atoms with Crippen LogP contribution in [0.2, 0.25) is 0 Å². The maximum Gasteiger partial charge on any atom is 0.361 e. The van der Waals surface area contributed by atoms with E-state index in [2.05, 4.69) is 20.7 Å². The van der Waals surface area contributed by atoms with Crippen molar-refractivity contribution in [1.29, 1.82) is 0 Å². The largest absolute Gasteiger partial charge is 0.490 e. The topological polar surface area (TPSA) is 142 Å². The fraction of sp³-hybridized carbons (Fsp3) is 0.261. The van der Waals surface area contributed by atoms with Crippen LogP contribution in [0, 0.1) is 0 Å². The maximum atomic E-state index is 12.5. The van der Waals surface area contributed by atoms with Crippen molar-refractivity contribution in [2.45, 2.75) is 13.8 Å². The number of rotatable bonds is 10. The van der Waals surface area contributed by atoms with Crippen LogP contribution in [0.4, 0.5) is 5.69 Å². The maximum absolute atomic E-state index is 12.5. The lowest BCUT2D eigenvalue weighted by Crippen LogP contribution is -2.22. The Labute approximate surface area is 195 Å². The lowest BCUT2D eigenvalue weighted by Gasteiger charge is -2.14.